The first-order chi connectivity index (χ1) is 11.4. The minimum Gasteiger partial charge on any atom is -0.488 e. The van der Waals surface area contributed by atoms with Crippen molar-refractivity contribution in [1.82, 2.24) is 0 Å². The molecule has 0 aliphatic carbocycles. The van der Waals surface area contributed by atoms with Gasteiger partial charge in [-0.3, -0.25) is 0 Å². The van der Waals surface area contributed by atoms with Gasteiger partial charge in [0.25, 0.3) is 0 Å². The quantitative estimate of drug-likeness (QED) is 0.546. The minimum absolute atomic E-state index is 0.202. The summed E-state index contributed by atoms with van der Waals surface area (Å²) < 4.78 is 10.7. The summed E-state index contributed by atoms with van der Waals surface area (Å²) >= 11 is 1.66. The summed E-state index contributed by atoms with van der Waals surface area (Å²) in [6, 6.07) is 15.7. The molecule has 0 aromatic heterocycles. The van der Waals surface area contributed by atoms with Crippen LogP contribution in [0.3, 0.4) is 0 Å². The molecule has 0 saturated carbocycles. The Labute approximate surface area is 148 Å². The van der Waals surface area contributed by atoms with E-state index in [4.69, 9.17) is 9.47 Å². The molecule has 0 unspecified atom stereocenters. The highest BCUT2D eigenvalue weighted by Gasteiger charge is 2.13. The maximum atomic E-state index is 11.8. The predicted molar refractivity (Wildman–Crippen MR) is 99.0 cm³/mol. The van der Waals surface area contributed by atoms with Gasteiger partial charge in [0, 0.05) is 10.6 Å². The molecule has 2 aromatic rings. The van der Waals surface area contributed by atoms with Crippen molar-refractivity contribution in [3.8, 4) is 5.75 Å². The van der Waals surface area contributed by atoms with Gasteiger partial charge in [-0.1, -0.05) is 24.3 Å². The van der Waals surface area contributed by atoms with Gasteiger partial charge >= 0.3 is 5.97 Å². The molecule has 0 bridgehead atoms. The molecular formula is C20H24O3S. The maximum Gasteiger partial charge on any atom is 0.338 e. The van der Waals surface area contributed by atoms with Crippen molar-refractivity contribution in [2.45, 2.75) is 37.7 Å². The third-order valence-electron chi connectivity index (χ3n) is 3.26. The van der Waals surface area contributed by atoms with Crippen molar-refractivity contribution >= 4 is 17.7 Å². The first-order valence-corrected chi connectivity index (χ1v) is 8.96. The Morgan fingerprint density at radius 1 is 1.08 bits per heavy atom. The van der Waals surface area contributed by atoms with Crippen LogP contribution >= 0.6 is 11.8 Å². The van der Waals surface area contributed by atoms with Crippen molar-refractivity contribution < 1.29 is 14.3 Å². The fraction of sp³-hybridized carbons (Fsp3) is 0.350. The monoisotopic (exact) mass is 344 g/mol. The van der Waals surface area contributed by atoms with Crippen molar-refractivity contribution in [1.29, 1.82) is 0 Å². The summed E-state index contributed by atoms with van der Waals surface area (Å²) in [5.41, 5.74) is 1.64. The van der Waals surface area contributed by atoms with Crippen LogP contribution in [-0.4, -0.2) is 24.4 Å². The molecule has 0 saturated heterocycles. The van der Waals surface area contributed by atoms with Crippen LogP contribution in [0.1, 0.15) is 36.7 Å². The molecule has 0 amide bonds. The lowest BCUT2D eigenvalue weighted by atomic mass is 10.1. The van der Waals surface area contributed by atoms with Crippen molar-refractivity contribution in [2.24, 2.45) is 0 Å². The van der Waals surface area contributed by atoms with Gasteiger partial charge in [-0.2, -0.15) is 0 Å². The highest BCUT2D eigenvalue weighted by Crippen LogP contribution is 2.25. The molecule has 128 valence electrons. The van der Waals surface area contributed by atoms with E-state index in [0.29, 0.717) is 5.56 Å². The summed E-state index contributed by atoms with van der Waals surface area (Å²) in [4.78, 5) is 12.7. The zero-order valence-electron chi connectivity index (χ0n) is 14.7. The number of rotatable bonds is 6. The Bertz CT molecular complexity index is 689. The van der Waals surface area contributed by atoms with Crippen LogP contribution in [0, 0.1) is 0 Å². The molecule has 24 heavy (non-hydrogen) atoms. The zero-order valence-corrected chi connectivity index (χ0v) is 15.5. The van der Waals surface area contributed by atoms with Gasteiger partial charge in [0.2, 0.25) is 0 Å². The van der Waals surface area contributed by atoms with E-state index < -0.39 is 0 Å². The molecule has 2 rings (SSSR count). The highest BCUT2D eigenvalue weighted by atomic mass is 32.2. The van der Waals surface area contributed by atoms with E-state index in [1.54, 1.807) is 17.8 Å². The molecule has 0 fully saturated rings. The van der Waals surface area contributed by atoms with Gasteiger partial charge in [-0.15, -0.1) is 11.8 Å². The molecule has 0 heterocycles. The lowest BCUT2D eigenvalue weighted by molar-refractivity contribution is 0.0596. The average molecular weight is 344 g/mol. The molecule has 0 aliphatic rings. The van der Waals surface area contributed by atoms with Crippen LogP contribution in [-0.2, 0) is 11.2 Å². The van der Waals surface area contributed by atoms with Crippen molar-refractivity contribution in [3.63, 3.8) is 0 Å². The number of ether oxygens (including phenoxy) is 2. The second-order valence-electron chi connectivity index (χ2n) is 6.45. The van der Waals surface area contributed by atoms with Gasteiger partial charge in [0.05, 0.1) is 12.7 Å². The number of benzene rings is 2. The molecule has 3 nitrogen and oxygen atoms in total. The SMILES string of the molecule is COC(=O)c1ccccc1SCCc1cccc(OC(C)(C)C)c1. The second kappa shape index (κ2) is 8.25. The third kappa shape index (κ3) is 5.60. The van der Waals surface area contributed by atoms with E-state index in [0.717, 1.165) is 22.8 Å². The van der Waals surface area contributed by atoms with Crippen LogP contribution in [0.4, 0.5) is 0 Å². The summed E-state index contributed by atoms with van der Waals surface area (Å²) in [6.45, 7) is 6.12. The standard InChI is InChI=1S/C20H24O3S/c1-20(2,3)23-16-9-7-8-15(14-16)12-13-24-18-11-6-5-10-17(18)19(21)22-4/h5-11,14H,12-13H2,1-4H3. The van der Waals surface area contributed by atoms with E-state index in [1.165, 1.54) is 12.7 Å². The van der Waals surface area contributed by atoms with E-state index in [9.17, 15) is 4.79 Å². The molecule has 4 heteroatoms. The van der Waals surface area contributed by atoms with Crippen LogP contribution in [0.25, 0.3) is 0 Å². The molecule has 0 atom stereocenters. The Morgan fingerprint density at radius 2 is 1.83 bits per heavy atom. The van der Waals surface area contributed by atoms with Gasteiger partial charge in [0.15, 0.2) is 0 Å². The number of esters is 1. The summed E-state index contributed by atoms with van der Waals surface area (Å²) in [6.07, 6.45) is 0.904. The summed E-state index contributed by atoms with van der Waals surface area (Å²) in [5.74, 6) is 1.48. The van der Waals surface area contributed by atoms with Gasteiger partial charge in [0.1, 0.15) is 11.4 Å². The number of hydrogen-bond donors (Lipinski definition) is 0. The normalized spacial score (nSPS) is 11.2. The van der Waals surface area contributed by atoms with E-state index in [2.05, 4.69) is 12.1 Å². The predicted octanol–water partition coefficient (Wildman–Crippen LogP) is 4.99. The van der Waals surface area contributed by atoms with Gasteiger partial charge in [-0.25, -0.2) is 4.79 Å². The van der Waals surface area contributed by atoms with Gasteiger partial charge < -0.3 is 9.47 Å². The third-order valence-corrected chi connectivity index (χ3v) is 4.34. The first-order valence-electron chi connectivity index (χ1n) is 7.97. The highest BCUT2D eigenvalue weighted by molar-refractivity contribution is 7.99. The minimum atomic E-state index is -0.293. The number of carbonyl (C=O) groups excluding carboxylic acids is 1. The molecule has 0 aliphatic heterocycles. The first kappa shape index (κ1) is 18.4. The van der Waals surface area contributed by atoms with E-state index >= 15 is 0 Å². The van der Waals surface area contributed by atoms with E-state index in [-0.39, 0.29) is 11.6 Å². The molecule has 0 radical (unpaired) electrons. The Hall–Kier alpha value is -1.94. The fourth-order valence-corrected chi connectivity index (χ4v) is 3.31. The second-order valence-corrected chi connectivity index (χ2v) is 7.58. The lowest BCUT2D eigenvalue weighted by Crippen LogP contribution is -2.22. The van der Waals surface area contributed by atoms with E-state index in [1.807, 2.05) is 51.1 Å². The Balaban J connectivity index is 1.98. The molecule has 2 aromatic carbocycles. The van der Waals surface area contributed by atoms with Crippen LogP contribution in [0.5, 0.6) is 5.75 Å². The molecule has 0 N–H and O–H groups in total. The number of methoxy groups -OCH3 is 1. The summed E-state index contributed by atoms with van der Waals surface area (Å²) in [5, 5.41) is 0. The summed E-state index contributed by atoms with van der Waals surface area (Å²) in [7, 11) is 1.41. The molecular weight excluding hydrogens is 320 g/mol. The zero-order chi connectivity index (χ0) is 17.6. The van der Waals surface area contributed by atoms with Crippen LogP contribution in [0.2, 0.25) is 0 Å². The van der Waals surface area contributed by atoms with Crippen LogP contribution < -0.4 is 4.74 Å². The smallest absolute Gasteiger partial charge is 0.338 e. The molecule has 0 spiro atoms. The van der Waals surface area contributed by atoms with Crippen molar-refractivity contribution in [2.75, 3.05) is 12.9 Å². The number of thioether (sulfide) groups is 1. The topological polar surface area (TPSA) is 35.5 Å². The number of hydrogen-bond acceptors (Lipinski definition) is 4. The maximum absolute atomic E-state index is 11.8. The Kier molecular flexibility index (Phi) is 6.32. The van der Waals surface area contributed by atoms with Crippen molar-refractivity contribution in [3.05, 3.63) is 59.7 Å². The van der Waals surface area contributed by atoms with Crippen LogP contribution in [0.15, 0.2) is 53.4 Å². The number of aryl methyl sites for hydroxylation is 1. The van der Waals surface area contributed by atoms with Gasteiger partial charge in [-0.05, 0) is 57.0 Å². The number of carbonyl (C=O) groups is 1. The fourth-order valence-electron chi connectivity index (χ4n) is 2.27. The lowest BCUT2D eigenvalue weighted by Gasteiger charge is -2.21. The Morgan fingerprint density at radius 3 is 2.54 bits per heavy atom. The average Bonchev–Trinajstić information content (AvgIpc) is 2.53. The largest absolute Gasteiger partial charge is 0.488 e.